The Morgan fingerprint density at radius 3 is 2.36 bits per heavy atom. The van der Waals surface area contributed by atoms with Crippen LogP contribution in [-0.4, -0.2) is 22.1 Å². The van der Waals surface area contributed by atoms with Gasteiger partial charge in [0.05, 0.1) is 0 Å². The molecule has 2 rings (SSSR count). The van der Waals surface area contributed by atoms with Crippen molar-refractivity contribution in [2.75, 3.05) is 16.8 Å². The van der Waals surface area contributed by atoms with Crippen molar-refractivity contribution in [3.63, 3.8) is 0 Å². The summed E-state index contributed by atoms with van der Waals surface area (Å²) in [5, 5.41) is 3.43. The van der Waals surface area contributed by atoms with Crippen molar-refractivity contribution in [2.24, 2.45) is 0 Å². The molecule has 0 unspecified atom stereocenters. The molecule has 4 heteroatoms. The summed E-state index contributed by atoms with van der Waals surface area (Å²) in [6.07, 6.45) is 0. The zero-order valence-corrected chi connectivity index (χ0v) is 14.2. The van der Waals surface area contributed by atoms with E-state index in [1.165, 1.54) is 5.56 Å². The minimum absolute atomic E-state index is 0.0193. The van der Waals surface area contributed by atoms with Crippen molar-refractivity contribution in [2.45, 2.75) is 46.7 Å². The molecule has 0 aliphatic rings. The van der Waals surface area contributed by atoms with Crippen LogP contribution in [-0.2, 0) is 6.54 Å². The smallest absolute Gasteiger partial charge is 0.227 e. The fraction of sp³-hybridized carbons (Fsp3) is 0.444. The van der Waals surface area contributed by atoms with Crippen LogP contribution < -0.4 is 10.2 Å². The number of anilines is 2. The molecule has 118 valence electrons. The van der Waals surface area contributed by atoms with E-state index >= 15 is 0 Å². The van der Waals surface area contributed by atoms with Gasteiger partial charge in [-0.2, -0.15) is 4.98 Å². The maximum Gasteiger partial charge on any atom is 0.227 e. The number of aromatic nitrogens is 2. The van der Waals surface area contributed by atoms with Crippen LogP contribution in [0.1, 0.15) is 39.0 Å². The summed E-state index contributed by atoms with van der Waals surface area (Å²) in [4.78, 5) is 11.5. The molecule has 22 heavy (non-hydrogen) atoms. The van der Waals surface area contributed by atoms with Gasteiger partial charge >= 0.3 is 0 Å². The summed E-state index contributed by atoms with van der Waals surface area (Å²) in [6.45, 7) is 12.2. The van der Waals surface area contributed by atoms with E-state index in [2.05, 4.69) is 72.1 Å². The van der Waals surface area contributed by atoms with E-state index in [1.807, 2.05) is 19.1 Å². The monoisotopic (exact) mass is 298 g/mol. The Bertz CT molecular complexity index is 602. The molecule has 0 spiro atoms. The maximum absolute atomic E-state index is 4.69. The second-order valence-electron chi connectivity index (χ2n) is 6.57. The van der Waals surface area contributed by atoms with Gasteiger partial charge in [0.1, 0.15) is 5.82 Å². The topological polar surface area (TPSA) is 41.1 Å². The Morgan fingerprint density at radius 2 is 1.77 bits per heavy atom. The molecular formula is C18H26N4. The fourth-order valence-electron chi connectivity index (χ4n) is 2.27. The summed E-state index contributed by atoms with van der Waals surface area (Å²) in [6, 6.07) is 12.4. The van der Waals surface area contributed by atoms with Gasteiger partial charge in [0.25, 0.3) is 0 Å². The predicted octanol–water partition coefficient (Wildman–Crippen LogP) is 4.02. The van der Waals surface area contributed by atoms with Crippen molar-refractivity contribution < 1.29 is 0 Å². The SMILES string of the molecule is CCN(Cc1ccccc1)c1nc(C)cc(NC(C)(C)C)n1. The van der Waals surface area contributed by atoms with Crippen LogP contribution in [0.15, 0.2) is 36.4 Å². The molecule has 2 aromatic rings. The Labute approximate surface area is 133 Å². The highest BCUT2D eigenvalue weighted by Gasteiger charge is 2.14. The van der Waals surface area contributed by atoms with Crippen molar-refractivity contribution in [1.82, 2.24) is 9.97 Å². The first kappa shape index (κ1) is 16.3. The van der Waals surface area contributed by atoms with Crippen LogP contribution in [0, 0.1) is 6.92 Å². The van der Waals surface area contributed by atoms with E-state index in [0.717, 1.165) is 30.5 Å². The molecule has 0 aliphatic heterocycles. The summed E-state index contributed by atoms with van der Waals surface area (Å²) in [5.41, 5.74) is 2.22. The van der Waals surface area contributed by atoms with Gasteiger partial charge in [0, 0.05) is 30.4 Å². The predicted molar refractivity (Wildman–Crippen MR) is 93.3 cm³/mol. The van der Waals surface area contributed by atoms with Gasteiger partial charge < -0.3 is 10.2 Å². The second kappa shape index (κ2) is 6.77. The van der Waals surface area contributed by atoms with Crippen LogP contribution >= 0.6 is 0 Å². The summed E-state index contributed by atoms with van der Waals surface area (Å²) < 4.78 is 0. The lowest BCUT2D eigenvalue weighted by Crippen LogP contribution is -2.28. The fourth-order valence-corrected chi connectivity index (χ4v) is 2.27. The molecule has 1 N–H and O–H groups in total. The van der Waals surface area contributed by atoms with Gasteiger partial charge in [-0.1, -0.05) is 30.3 Å². The molecule has 0 bridgehead atoms. The Balaban J connectivity index is 2.25. The van der Waals surface area contributed by atoms with Gasteiger partial charge in [-0.05, 0) is 40.2 Å². The molecule has 1 aromatic carbocycles. The van der Waals surface area contributed by atoms with Crippen LogP contribution in [0.4, 0.5) is 11.8 Å². The summed E-state index contributed by atoms with van der Waals surface area (Å²) in [7, 11) is 0. The number of aryl methyl sites for hydroxylation is 1. The lowest BCUT2D eigenvalue weighted by Gasteiger charge is -2.25. The highest BCUT2D eigenvalue weighted by Crippen LogP contribution is 2.18. The van der Waals surface area contributed by atoms with Gasteiger partial charge in [-0.25, -0.2) is 4.98 Å². The molecule has 1 heterocycles. The van der Waals surface area contributed by atoms with E-state index in [9.17, 15) is 0 Å². The third kappa shape index (κ3) is 4.72. The zero-order chi connectivity index (χ0) is 16.2. The lowest BCUT2D eigenvalue weighted by atomic mass is 10.1. The number of hydrogen-bond acceptors (Lipinski definition) is 4. The minimum Gasteiger partial charge on any atom is -0.365 e. The van der Waals surface area contributed by atoms with Crippen LogP contribution in [0.2, 0.25) is 0 Å². The summed E-state index contributed by atoms with van der Waals surface area (Å²) in [5.74, 6) is 1.65. The number of nitrogens with one attached hydrogen (secondary N) is 1. The van der Waals surface area contributed by atoms with E-state index in [1.54, 1.807) is 0 Å². The number of hydrogen-bond donors (Lipinski definition) is 1. The van der Waals surface area contributed by atoms with E-state index < -0.39 is 0 Å². The molecule has 0 aliphatic carbocycles. The van der Waals surface area contributed by atoms with Crippen molar-refractivity contribution in [3.8, 4) is 0 Å². The Morgan fingerprint density at radius 1 is 1.09 bits per heavy atom. The van der Waals surface area contributed by atoms with Crippen molar-refractivity contribution in [1.29, 1.82) is 0 Å². The molecule has 0 saturated heterocycles. The highest BCUT2D eigenvalue weighted by atomic mass is 15.3. The Kier molecular flexibility index (Phi) is 5.01. The molecule has 1 aromatic heterocycles. The van der Waals surface area contributed by atoms with E-state index in [4.69, 9.17) is 0 Å². The third-order valence-corrected chi connectivity index (χ3v) is 3.23. The molecular weight excluding hydrogens is 272 g/mol. The van der Waals surface area contributed by atoms with Crippen molar-refractivity contribution in [3.05, 3.63) is 47.7 Å². The van der Waals surface area contributed by atoms with Gasteiger partial charge in [0.2, 0.25) is 5.95 Å². The first-order valence-corrected chi connectivity index (χ1v) is 7.80. The normalized spacial score (nSPS) is 11.3. The van der Waals surface area contributed by atoms with E-state index in [-0.39, 0.29) is 5.54 Å². The van der Waals surface area contributed by atoms with Crippen molar-refractivity contribution >= 4 is 11.8 Å². The summed E-state index contributed by atoms with van der Waals surface area (Å²) >= 11 is 0. The molecule has 4 nitrogen and oxygen atoms in total. The molecule has 0 atom stereocenters. The largest absolute Gasteiger partial charge is 0.365 e. The van der Waals surface area contributed by atoms with E-state index in [0.29, 0.717) is 0 Å². The standard InChI is InChI=1S/C18H26N4/c1-6-22(13-15-10-8-7-9-11-15)17-19-14(2)12-16(20-17)21-18(3,4)5/h7-12H,6,13H2,1-5H3,(H,19,20,21). The van der Waals surface area contributed by atoms with Crippen LogP contribution in [0.25, 0.3) is 0 Å². The average molecular weight is 298 g/mol. The molecule has 0 radical (unpaired) electrons. The first-order valence-electron chi connectivity index (χ1n) is 7.80. The minimum atomic E-state index is -0.0193. The van der Waals surface area contributed by atoms with Crippen LogP contribution in [0.5, 0.6) is 0 Å². The van der Waals surface area contributed by atoms with Gasteiger partial charge in [-0.15, -0.1) is 0 Å². The second-order valence-corrected chi connectivity index (χ2v) is 6.57. The zero-order valence-electron chi connectivity index (χ0n) is 14.2. The molecule has 0 saturated carbocycles. The number of rotatable bonds is 5. The number of benzene rings is 1. The van der Waals surface area contributed by atoms with Crippen LogP contribution in [0.3, 0.4) is 0 Å². The average Bonchev–Trinajstić information content (AvgIpc) is 2.43. The quantitative estimate of drug-likeness (QED) is 0.905. The first-order chi connectivity index (χ1) is 10.4. The molecule has 0 fully saturated rings. The van der Waals surface area contributed by atoms with Gasteiger partial charge in [-0.3, -0.25) is 0 Å². The van der Waals surface area contributed by atoms with Gasteiger partial charge in [0.15, 0.2) is 0 Å². The maximum atomic E-state index is 4.69. The highest BCUT2D eigenvalue weighted by molar-refractivity contribution is 5.45. The third-order valence-electron chi connectivity index (χ3n) is 3.23. The number of nitrogens with zero attached hydrogens (tertiary/aromatic N) is 3. The molecule has 0 amide bonds. The Hall–Kier alpha value is -2.10. The lowest BCUT2D eigenvalue weighted by molar-refractivity contribution is 0.629.